The minimum atomic E-state index is -4.44. The van der Waals surface area contributed by atoms with Crippen LogP contribution < -0.4 is 19.5 Å². The Hall–Kier alpha value is -3.35. The number of Topliss-reactive ketones (excluding diaryl/α,β-unsaturated/α-hetero) is 1. The van der Waals surface area contributed by atoms with E-state index in [0.29, 0.717) is 0 Å². The SMILES string of the molecule is COc1nc(C)nc(NC(=O)NS(=O)(=O)Nc2ccc(F)cc2C(C)=O)n1. The second-order valence-electron chi connectivity index (χ2n) is 5.10. The third-order valence-corrected chi connectivity index (χ3v) is 3.91. The number of aromatic nitrogens is 3. The number of nitrogens with one attached hydrogen (secondary N) is 3. The number of amides is 2. The second kappa shape index (κ2) is 7.90. The highest BCUT2D eigenvalue weighted by Crippen LogP contribution is 2.18. The maximum absolute atomic E-state index is 13.2. The number of anilines is 2. The summed E-state index contributed by atoms with van der Waals surface area (Å²) in [5, 5.41) is 2.11. The van der Waals surface area contributed by atoms with E-state index in [0.717, 1.165) is 25.1 Å². The lowest BCUT2D eigenvalue weighted by atomic mass is 10.1. The highest BCUT2D eigenvalue weighted by molar-refractivity contribution is 7.91. The topological polar surface area (TPSA) is 152 Å². The summed E-state index contributed by atoms with van der Waals surface area (Å²) < 4.78 is 45.9. The van der Waals surface area contributed by atoms with Crippen LogP contribution in [0.1, 0.15) is 23.1 Å². The molecule has 0 aliphatic heterocycles. The maximum Gasteiger partial charge on any atom is 0.336 e. The zero-order valence-corrected chi connectivity index (χ0v) is 15.2. The number of ether oxygens (including phenoxy) is 1. The predicted octanol–water partition coefficient (Wildman–Crippen LogP) is 1.01. The molecular weight excluding hydrogens is 383 g/mol. The summed E-state index contributed by atoms with van der Waals surface area (Å²) in [6.07, 6.45) is 0. The standard InChI is InChI=1S/C14H15FN6O5S/c1-7(22)10-6-9(15)4-5-11(10)20-27(24,25)21-13(23)18-12-16-8(2)17-14(19-12)26-3/h4-6,20H,1-3H3,(H2,16,17,18,19,21,23). The van der Waals surface area contributed by atoms with E-state index in [4.69, 9.17) is 4.74 Å². The van der Waals surface area contributed by atoms with E-state index in [1.165, 1.54) is 14.0 Å². The first kappa shape index (κ1) is 20.0. The number of rotatable bonds is 6. The maximum atomic E-state index is 13.2. The molecule has 2 amide bonds. The Morgan fingerprint density at radius 3 is 2.52 bits per heavy atom. The molecular formula is C14H15FN6O5S. The third kappa shape index (κ3) is 5.57. The molecule has 3 N–H and O–H groups in total. The van der Waals surface area contributed by atoms with Crippen molar-refractivity contribution in [1.29, 1.82) is 0 Å². The molecule has 0 saturated heterocycles. The number of nitrogens with zero attached hydrogens (tertiary/aromatic N) is 3. The van der Waals surface area contributed by atoms with E-state index in [9.17, 15) is 22.4 Å². The summed E-state index contributed by atoms with van der Waals surface area (Å²) in [6.45, 7) is 2.66. The van der Waals surface area contributed by atoms with Crippen LogP contribution in [0.4, 0.5) is 20.8 Å². The minimum absolute atomic E-state index is 0.0730. The molecule has 0 aliphatic carbocycles. The van der Waals surface area contributed by atoms with Gasteiger partial charge in [0, 0.05) is 5.56 Å². The van der Waals surface area contributed by atoms with Gasteiger partial charge in [-0.05, 0) is 32.0 Å². The number of halogens is 1. The van der Waals surface area contributed by atoms with Gasteiger partial charge in [0.1, 0.15) is 11.6 Å². The van der Waals surface area contributed by atoms with Crippen molar-refractivity contribution in [2.75, 3.05) is 17.1 Å². The van der Waals surface area contributed by atoms with Gasteiger partial charge in [-0.2, -0.15) is 23.4 Å². The molecule has 2 aromatic rings. The van der Waals surface area contributed by atoms with Gasteiger partial charge in [0.25, 0.3) is 0 Å². The van der Waals surface area contributed by atoms with Crippen molar-refractivity contribution in [3.05, 3.63) is 35.4 Å². The van der Waals surface area contributed by atoms with Crippen LogP contribution in [0.15, 0.2) is 18.2 Å². The van der Waals surface area contributed by atoms with Gasteiger partial charge in [-0.1, -0.05) is 0 Å². The van der Waals surface area contributed by atoms with E-state index < -0.39 is 27.8 Å². The zero-order valence-electron chi connectivity index (χ0n) is 14.4. The van der Waals surface area contributed by atoms with Crippen molar-refractivity contribution in [1.82, 2.24) is 19.7 Å². The zero-order chi connectivity index (χ0) is 20.2. The number of hydrogen-bond acceptors (Lipinski definition) is 8. The molecule has 1 aromatic carbocycles. The third-order valence-electron chi connectivity index (χ3n) is 2.97. The number of ketones is 1. The van der Waals surface area contributed by atoms with Gasteiger partial charge in [-0.25, -0.2) is 13.9 Å². The van der Waals surface area contributed by atoms with Gasteiger partial charge in [0.15, 0.2) is 5.78 Å². The number of benzene rings is 1. The van der Waals surface area contributed by atoms with Crippen molar-refractivity contribution in [2.24, 2.45) is 0 Å². The molecule has 144 valence electrons. The normalized spacial score (nSPS) is 10.8. The summed E-state index contributed by atoms with van der Waals surface area (Å²) in [5.41, 5.74) is -0.388. The van der Waals surface area contributed by atoms with Crippen LogP contribution in [-0.2, 0) is 10.2 Å². The quantitative estimate of drug-likeness (QED) is 0.610. The van der Waals surface area contributed by atoms with E-state index in [1.807, 2.05) is 4.72 Å². The lowest BCUT2D eigenvalue weighted by Gasteiger charge is -2.12. The van der Waals surface area contributed by atoms with Crippen molar-refractivity contribution in [3.63, 3.8) is 0 Å². The summed E-state index contributed by atoms with van der Waals surface area (Å²) in [6, 6.07) is 1.64. The highest BCUT2D eigenvalue weighted by Gasteiger charge is 2.19. The molecule has 11 nitrogen and oxygen atoms in total. The average Bonchev–Trinajstić information content (AvgIpc) is 2.54. The smallest absolute Gasteiger partial charge is 0.336 e. The summed E-state index contributed by atoms with van der Waals surface area (Å²) in [4.78, 5) is 34.8. The molecule has 0 atom stereocenters. The Kier molecular flexibility index (Phi) is 5.85. The van der Waals surface area contributed by atoms with Crippen molar-refractivity contribution < 1.29 is 27.1 Å². The second-order valence-corrected chi connectivity index (χ2v) is 6.52. The largest absolute Gasteiger partial charge is 0.467 e. The first-order valence-electron chi connectivity index (χ1n) is 7.28. The van der Waals surface area contributed by atoms with Crippen LogP contribution in [0.3, 0.4) is 0 Å². The van der Waals surface area contributed by atoms with Crippen LogP contribution in [0.5, 0.6) is 6.01 Å². The molecule has 13 heteroatoms. The van der Waals surface area contributed by atoms with Crippen LogP contribution >= 0.6 is 0 Å². The summed E-state index contributed by atoms with van der Waals surface area (Å²) in [5.74, 6) is -1.29. The first-order valence-corrected chi connectivity index (χ1v) is 8.76. The predicted molar refractivity (Wildman–Crippen MR) is 92.2 cm³/mol. The molecule has 0 aliphatic rings. The molecule has 0 fully saturated rings. The fourth-order valence-corrected chi connectivity index (χ4v) is 2.73. The van der Waals surface area contributed by atoms with Gasteiger partial charge >= 0.3 is 22.3 Å². The average molecular weight is 398 g/mol. The lowest BCUT2D eigenvalue weighted by Crippen LogP contribution is -2.39. The first-order chi connectivity index (χ1) is 12.6. The molecule has 0 bridgehead atoms. The molecule has 0 saturated carbocycles. The molecule has 0 spiro atoms. The molecule has 0 radical (unpaired) electrons. The fourth-order valence-electron chi connectivity index (χ4n) is 1.92. The Labute approximate surface area is 153 Å². The Balaban J connectivity index is 2.14. The van der Waals surface area contributed by atoms with Crippen LogP contribution in [0.2, 0.25) is 0 Å². The molecule has 1 heterocycles. The van der Waals surface area contributed by atoms with Crippen LogP contribution in [-0.4, -0.2) is 42.3 Å². The fraction of sp³-hybridized carbons (Fsp3) is 0.214. The van der Waals surface area contributed by atoms with Crippen LogP contribution in [0.25, 0.3) is 0 Å². The van der Waals surface area contributed by atoms with Gasteiger partial charge < -0.3 is 4.74 Å². The number of urea groups is 1. The number of methoxy groups -OCH3 is 1. The van der Waals surface area contributed by atoms with Gasteiger partial charge in [-0.3, -0.25) is 14.8 Å². The van der Waals surface area contributed by atoms with Gasteiger partial charge in [0.2, 0.25) is 5.95 Å². The summed E-state index contributed by atoms with van der Waals surface area (Å²) >= 11 is 0. The van der Waals surface area contributed by atoms with Gasteiger partial charge in [0.05, 0.1) is 12.8 Å². The number of aryl methyl sites for hydroxylation is 1. The number of carbonyl (C=O) groups is 2. The Morgan fingerprint density at radius 2 is 1.89 bits per heavy atom. The number of hydrogen-bond donors (Lipinski definition) is 3. The van der Waals surface area contributed by atoms with Crippen LogP contribution in [0, 0.1) is 12.7 Å². The lowest BCUT2D eigenvalue weighted by molar-refractivity contribution is 0.101. The van der Waals surface area contributed by atoms with E-state index >= 15 is 0 Å². The summed E-state index contributed by atoms with van der Waals surface area (Å²) in [7, 11) is -3.13. The van der Waals surface area contributed by atoms with Crippen molar-refractivity contribution in [3.8, 4) is 6.01 Å². The van der Waals surface area contributed by atoms with E-state index in [1.54, 1.807) is 4.72 Å². The molecule has 0 unspecified atom stereocenters. The highest BCUT2D eigenvalue weighted by atomic mass is 32.2. The monoisotopic (exact) mass is 398 g/mol. The molecule has 2 rings (SSSR count). The minimum Gasteiger partial charge on any atom is -0.467 e. The molecule has 1 aromatic heterocycles. The van der Waals surface area contributed by atoms with Gasteiger partial charge in [-0.15, -0.1) is 0 Å². The molecule has 27 heavy (non-hydrogen) atoms. The van der Waals surface area contributed by atoms with Crippen molar-refractivity contribution in [2.45, 2.75) is 13.8 Å². The Morgan fingerprint density at radius 1 is 1.19 bits per heavy atom. The van der Waals surface area contributed by atoms with E-state index in [-0.39, 0.29) is 29.0 Å². The number of carbonyl (C=O) groups excluding carboxylic acids is 2. The van der Waals surface area contributed by atoms with Crippen molar-refractivity contribution >= 4 is 33.7 Å². The Bertz CT molecular complexity index is 997. The van der Waals surface area contributed by atoms with E-state index in [2.05, 4.69) is 20.3 Å².